The monoisotopic (exact) mass is 507 g/mol. The van der Waals surface area contributed by atoms with Gasteiger partial charge in [-0.05, 0) is 51.3 Å². The summed E-state index contributed by atoms with van der Waals surface area (Å²) in [5, 5.41) is 7.19. The van der Waals surface area contributed by atoms with Crippen molar-refractivity contribution in [3.05, 3.63) is 0 Å². The van der Waals surface area contributed by atoms with Gasteiger partial charge in [0.15, 0.2) is 0 Å². The molecule has 0 aromatic rings. The van der Waals surface area contributed by atoms with E-state index in [-0.39, 0.29) is 24.4 Å². The van der Waals surface area contributed by atoms with E-state index in [2.05, 4.69) is 5.73 Å². The average Bonchev–Trinajstić information content (AvgIpc) is 2.28. The van der Waals surface area contributed by atoms with E-state index in [1.54, 1.807) is 0 Å². The van der Waals surface area contributed by atoms with Crippen LogP contribution in [0.15, 0.2) is 0 Å². The maximum atomic E-state index is 8.78. The van der Waals surface area contributed by atoms with Crippen LogP contribution in [0.25, 0.3) is 0 Å². The van der Waals surface area contributed by atoms with Gasteiger partial charge in [-0.1, -0.05) is 0 Å². The number of rotatable bonds is 10. The summed E-state index contributed by atoms with van der Waals surface area (Å²) < 4.78 is 26.9. The van der Waals surface area contributed by atoms with Crippen LogP contribution in [0.1, 0.15) is 27.7 Å². The minimum atomic E-state index is -2.87. The second kappa shape index (κ2) is 15.7. The molecule has 136 valence electrons. The van der Waals surface area contributed by atoms with Crippen molar-refractivity contribution in [2.75, 3.05) is 26.4 Å². The van der Waals surface area contributed by atoms with E-state index in [0.29, 0.717) is 26.4 Å². The Morgan fingerprint density at radius 2 is 1.09 bits per heavy atom. The molecule has 3 N–H and O–H groups in total. The first kappa shape index (κ1) is 28.0. The average molecular weight is 508 g/mol. The normalized spacial score (nSPS) is 11.1. The topological polar surface area (TPSA) is 109 Å². The molecule has 0 aromatic carbocycles. The van der Waals surface area contributed by atoms with Gasteiger partial charge in [-0.25, -0.2) is 9.11 Å². The first-order valence-electron chi connectivity index (χ1n) is 6.16. The summed E-state index contributed by atoms with van der Waals surface area (Å²) >= 11 is 10.4. The Bertz CT molecular complexity index is 337. The van der Waals surface area contributed by atoms with Gasteiger partial charge in [-0.3, -0.25) is 0 Å². The molecule has 0 heterocycles. The second-order valence-electron chi connectivity index (χ2n) is 2.99. The standard InChI is InChI=1S/C8H20O5P2S2.CH3NO2.Sb.3H/c1-5-9-14(16,10-6-2)13-15(17,11-7-3)12-8-4;2-1(3)4;;;;/h5-8H2,1-4H3;2H2,(H,3,4);;;;. The number of hydrogen-bond donors (Lipinski definition) is 2. The van der Waals surface area contributed by atoms with Gasteiger partial charge in [0, 0.05) is 0 Å². The molecule has 0 saturated heterocycles. The van der Waals surface area contributed by atoms with Crippen molar-refractivity contribution >= 4 is 67.6 Å². The van der Waals surface area contributed by atoms with Gasteiger partial charge in [0.1, 0.15) is 0 Å². The zero-order valence-electron chi connectivity index (χ0n) is 13.2. The SMILES string of the molecule is CCOP(=S)(OCC)OP(=S)(OCC)OCC.NC(=O)O.[SbH3]. The van der Waals surface area contributed by atoms with Gasteiger partial charge in [-0.15, -0.1) is 0 Å². The fraction of sp³-hybridized carbons (Fsp3) is 0.889. The molecule has 8 nitrogen and oxygen atoms in total. The third-order valence-corrected chi connectivity index (χ3v) is 7.71. The molecule has 0 fully saturated rings. The fourth-order valence-corrected chi connectivity index (χ4v) is 7.30. The number of hydrogen-bond acceptors (Lipinski definition) is 8. The van der Waals surface area contributed by atoms with Crippen LogP contribution in [0.2, 0.25) is 0 Å². The molecule has 0 atom stereocenters. The van der Waals surface area contributed by atoms with Gasteiger partial charge in [-0.2, -0.15) is 0 Å². The summed E-state index contributed by atoms with van der Waals surface area (Å²) in [6.07, 6.45) is -1.33. The van der Waals surface area contributed by atoms with Gasteiger partial charge in [0.2, 0.25) is 0 Å². The van der Waals surface area contributed by atoms with E-state index in [0.717, 1.165) is 0 Å². The Hall–Kier alpha value is 1.19. The molecule has 0 radical (unpaired) electrons. The summed E-state index contributed by atoms with van der Waals surface area (Å²) in [7, 11) is 0. The zero-order chi connectivity index (χ0) is 16.9. The van der Waals surface area contributed by atoms with Crippen molar-refractivity contribution in [3.8, 4) is 0 Å². The Labute approximate surface area is 159 Å². The Kier molecular flexibility index (Phi) is 20.0. The van der Waals surface area contributed by atoms with Crippen molar-refractivity contribution in [3.63, 3.8) is 0 Å². The first-order valence-corrected chi connectivity index (χ1v) is 11.3. The summed E-state index contributed by atoms with van der Waals surface area (Å²) in [5.74, 6) is 0. The van der Waals surface area contributed by atoms with Gasteiger partial charge in [0.25, 0.3) is 0 Å². The Morgan fingerprint density at radius 1 is 0.909 bits per heavy atom. The second-order valence-corrected chi connectivity index (χ2v) is 9.14. The van der Waals surface area contributed by atoms with Crippen molar-refractivity contribution in [2.24, 2.45) is 5.73 Å². The third-order valence-electron chi connectivity index (χ3n) is 1.35. The molecular weight excluding hydrogens is 482 g/mol. The van der Waals surface area contributed by atoms with Crippen LogP contribution in [0.5, 0.6) is 0 Å². The first-order chi connectivity index (χ1) is 9.68. The Balaban J connectivity index is -0.000000640. The molecular formula is C9H26NO7P2S2Sb. The number of carboxylic acid groups (broad SMARTS) is 1. The number of amides is 1. The molecule has 0 rings (SSSR count). The van der Waals surface area contributed by atoms with E-state index in [1.165, 1.54) is 0 Å². The van der Waals surface area contributed by atoms with E-state index >= 15 is 0 Å². The molecule has 1 amide bonds. The number of primary amides is 1. The molecule has 13 heteroatoms. The predicted octanol–water partition coefficient (Wildman–Crippen LogP) is 2.04. The van der Waals surface area contributed by atoms with Crippen LogP contribution < -0.4 is 5.73 Å². The predicted molar refractivity (Wildman–Crippen MR) is 98.3 cm³/mol. The summed E-state index contributed by atoms with van der Waals surface area (Å²) in [5.41, 5.74) is 4.03. The summed E-state index contributed by atoms with van der Waals surface area (Å²) in [6.45, 7) is 3.09. The molecule has 0 unspecified atom stereocenters. The van der Waals surface area contributed by atoms with Crippen molar-refractivity contribution in [1.82, 2.24) is 0 Å². The third kappa shape index (κ3) is 16.1. The molecule has 0 aliphatic heterocycles. The van der Waals surface area contributed by atoms with Crippen molar-refractivity contribution in [1.29, 1.82) is 0 Å². The molecule has 0 spiro atoms. The number of nitrogens with two attached hydrogens (primary N) is 1. The van der Waals surface area contributed by atoms with Gasteiger partial charge < -0.3 is 28.9 Å². The molecule has 0 aromatic heterocycles. The quantitative estimate of drug-likeness (QED) is 0.339. The van der Waals surface area contributed by atoms with Crippen LogP contribution in [0.3, 0.4) is 0 Å². The summed E-state index contributed by atoms with van der Waals surface area (Å²) in [6, 6.07) is 0. The molecule has 0 aliphatic carbocycles. The van der Waals surface area contributed by atoms with Crippen LogP contribution in [-0.4, -0.2) is 62.1 Å². The zero-order valence-corrected chi connectivity index (χ0v) is 20.7. The molecule has 0 saturated carbocycles. The number of carbonyl (C=O) groups is 1. The van der Waals surface area contributed by atoms with Crippen LogP contribution in [-0.2, 0) is 46.0 Å². The van der Waals surface area contributed by atoms with E-state index in [9.17, 15) is 0 Å². The van der Waals surface area contributed by atoms with E-state index in [1.807, 2.05) is 27.7 Å². The van der Waals surface area contributed by atoms with E-state index < -0.39 is 19.5 Å². The maximum absolute atomic E-state index is 8.78. The summed E-state index contributed by atoms with van der Waals surface area (Å²) in [4.78, 5) is 8.78. The van der Waals surface area contributed by atoms with E-state index in [4.69, 9.17) is 55.9 Å². The van der Waals surface area contributed by atoms with Crippen molar-refractivity contribution in [2.45, 2.75) is 27.7 Å². The molecule has 0 bridgehead atoms. The van der Waals surface area contributed by atoms with Gasteiger partial charge >= 0.3 is 44.0 Å². The van der Waals surface area contributed by atoms with Crippen LogP contribution in [0, 0.1) is 0 Å². The van der Waals surface area contributed by atoms with Gasteiger partial charge in [0.05, 0.1) is 26.4 Å². The van der Waals surface area contributed by atoms with Crippen molar-refractivity contribution < 1.29 is 32.3 Å². The Morgan fingerprint density at radius 3 is 1.23 bits per heavy atom. The minimum absolute atomic E-state index is 0. The van der Waals surface area contributed by atoms with Crippen LogP contribution >= 0.6 is 13.4 Å². The molecule has 0 aliphatic rings. The van der Waals surface area contributed by atoms with Crippen LogP contribution in [0.4, 0.5) is 4.79 Å². The molecule has 22 heavy (non-hydrogen) atoms. The fourth-order valence-electron chi connectivity index (χ4n) is 0.924.